The van der Waals surface area contributed by atoms with Crippen molar-refractivity contribution in [3.05, 3.63) is 35.9 Å². The number of carbonyl (C=O) groups is 1. The van der Waals surface area contributed by atoms with Crippen LogP contribution in [0, 0.1) is 0 Å². The van der Waals surface area contributed by atoms with E-state index in [-0.39, 0.29) is 12.3 Å². The molecule has 0 aliphatic carbocycles. The van der Waals surface area contributed by atoms with E-state index < -0.39 is 6.10 Å². The molecule has 0 fully saturated rings. The van der Waals surface area contributed by atoms with Crippen LogP contribution in [0.2, 0.25) is 0 Å². The van der Waals surface area contributed by atoms with E-state index in [0.29, 0.717) is 45.7 Å². The third-order valence-corrected chi connectivity index (χ3v) is 4.61. The van der Waals surface area contributed by atoms with Gasteiger partial charge in [-0.05, 0) is 12.1 Å². The predicted molar refractivity (Wildman–Crippen MR) is 110 cm³/mol. The Morgan fingerprint density at radius 1 is 0.933 bits per heavy atom. The van der Waals surface area contributed by atoms with Gasteiger partial charge in [-0.15, -0.1) is 0 Å². The fourth-order valence-electron chi connectivity index (χ4n) is 3.17. The molecule has 0 radical (unpaired) electrons. The first-order valence-corrected chi connectivity index (χ1v) is 9.11. The zero-order valence-corrected chi connectivity index (χ0v) is 17.5. The molecule has 2 aromatic rings. The van der Waals surface area contributed by atoms with Crippen molar-refractivity contribution in [2.45, 2.75) is 12.5 Å². The smallest absolute Gasteiger partial charge is 0.268 e. The van der Waals surface area contributed by atoms with Gasteiger partial charge in [-0.1, -0.05) is 11.2 Å². The van der Waals surface area contributed by atoms with E-state index in [9.17, 15) is 4.79 Å². The number of carbonyl (C=O) groups excluding carboxylic acids is 1. The number of hydrogen-bond donors (Lipinski definition) is 1. The monoisotopic (exact) mass is 416 g/mol. The predicted octanol–water partition coefficient (Wildman–Crippen LogP) is 2.86. The second-order valence-electron chi connectivity index (χ2n) is 6.28. The zero-order valence-electron chi connectivity index (χ0n) is 17.5. The number of hydrogen-bond acceptors (Lipinski definition) is 8. The number of nitrogens with one attached hydrogen (secondary N) is 1. The van der Waals surface area contributed by atoms with Crippen LogP contribution >= 0.6 is 0 Å². The molecular weight excluding hydrogens is 392 g/mol. The molecule has 0 saturated heterocycles. The van der Waals surface area contributed by atoms with Gasteiger partial charge >= 0.3 is 0 Å². The normalized spacial score (nSPS) is 15.0. The number of amides is 1. The van der Waals surface area contributed by atoms with E-state index in [0.717, 1.165) is 0 Å². The van der Waals surface area contributed by atoms with E-state index in [2.05, 4.69) is 10.5 Å². The van der Waals surface area contributed by atoms with Gasteiger partial charge in [-0.3, -0.25) is 4.79 Å². The van der Waals surface area contributed by atoms with Crippen LogP contribution in [0.4, 0.5) is 5.69 Å². The summed E-state index contributed by atoms with van der Waals surface area (Å²) in [5.74, 6) is 2.04. The van der Waals surface area contributed by atoms with Crippen LogP contribution < -0.4 is 29.0 Å². The summed E-state index contributed by atoms with van der Waals surface area (Å²) in [6.45, 7) is 0. The van der Waals surface area contributed by atoms with Crippen molar-refractivity contribution < 1.29 is 33.3 Å². The third-order valence-electron chi connectivity index (χ3n) is 4.61. The lowest BCUT2D eigenvalue weighted by molar-refractivity contribution is -0.125. The van der Waals surface area contributed by atoms with Crippen LogP contribution in [-0.2, 0) is 9.63 Å². The lowest BCUT2D eigenvalue weighted by Crippen LogP contribution is -2.28. The van der Waals surface area contributed by atoms with E-state index in [1.807, 2.05) is 12.1 Å². The average molecular weight is 416 g/mol. The van der Waals surface area contributed by atoms with Gasteiger partial charge in [-0.25, -0.2) is 0 Å². The number of nitrogens with zero attached hydrogens (tertiary/aromatic N) is 1. The van der Waals surface area contributed by atoms with Crippen LogP contribution in [0.3, 0.4) is 0 Å². The maximum Gasteiger partial charge on any atom is 0.268 e. The Labute approximate surface area is 174 Å². The summed E-state index contributed by atoms with van der Waals surface area (Å²) in [6, 6.07) is 8.72. The molecule has 2 aromatic carbocycles. The SMILES string of the molecule is COc1cc(NC(=O)[C@@H]2CC(c3cccc(OC)c3OC)=NO2)cc(OC)c1OC. The summed E-state index contributed by atoms with van der Waals surface area (Å²) in [4.78, 5) is 18.1. The summed E-state index contributed by atoms with van der Waals surface area (Å²) in [5.41, 5.74) is 1.78. The van der Waals surface area contributed by atoms with Gasteiger partial charge in [0.2, 0.25) is 11.9 Å². The minimum atomic E-state index is -0.796. The highest BCUT2D eigenvalue weighted by atomic mass is 16.6. The first-order chi connectivity index (χ1) is 14.6. The molecule has 1 N–H and O–H groups in total. The van der Waals surface area contributed by atoms with E-state index in [4.69, 9.17) is 28.5 Å². The molecule has 3 rings (SSSR count). The van der Waals surface area contributed by atoms with Crippen LogP contribution in [0.25, 0.3) is 0 Å². The highest BCUT2D eigenvalue weighted by molar-refractivity contribution is 6.08. The van der Waals surface area contributed by atoms with Crippen molar-refractivity contribution in [3.63, 3.8) is 0 Å². The fraction of sp³-hybridized carbons (Fsp3) is 0.333. The van der Waals surface area contributed by atoms with Crippen molar-refractivity contribution in [1.82, 2.24) is 0 Å². The van der Waals surface area contributed by atoms with Crippen LogP contribution in [-0.4, -0.2) is 53.3 Å². The summed E-state index contributed by atoms with van der Waals surface area (Å²) in [6.07, 6.45) is -0.519. The minimum absolute atomic E-state index is 0.278. The largest absolute Gasteiger partial charge is 0.493 e. The Kier molecular flexibility index (Phi) is 6.51. The number of rotatable bonds is 8. The van der Waals surface area contributed by atoms with Gasteiger partial charge in [-0.2, -0.15) is 0 Å². The Balaban J connectivity index is 1.75. The molecule has 30 heavy (non-hydrogen) atoms. The topological polar surface area (TPSA) is 96.8 Å². The van der Waals surface area contributed by atoms with E-state index in [1.165, 1.54) is 21.3 Å². The fourth-order valence-corrected chi connectivity index (χ4v) is 3.17. The molecule has 9 heteroatoms. The highest BCUT2D eigenvalue weighted by Crippen LogP contribution is 2.40. The molecule has 1 atom stereocenters. The number of para-hydroxylation sites is 1. The molecule has 0 saturated carbocycles. The number of ether oxygens (including phenoxy) is 5. The van der Waals surface area contributed by atoms with Crippen molar-refractivity contribution in [2.24, 2.45) is 5.16 Å². The molecule has 0 aromatic heterocycles. The van der Waals surface area contributed by atoms with Gasteiger partial charge in [0.15, 0.2) is 23.0 Å². The molecule has 160 valence electrons. The highest BCUT2D eigenvalue weighted by Gasteiger charge is 2.31. The minimum Gasteiger partial charge on any atom is -0.493 e. The standard InChI is InChI=1S/C21H24N2O7/c1-25-15-8-6-7-13(19(15)28-4)14-11-18(30-23-14)21(24)22-12-9-16(26-2)20(29-5)17(10-12)27-3/h6-10,18H,11H2,1-5H3,(H,22,24)/t18-/m0/s1. The summed E-state index contributed by atoms with van der Waals surface area (Å²) in [7, 11) is 7.63. The summed E-state index contributed by atoms with van der Waals surface area (Å²) in [5, 5.41) is 6.88. The second-order valence-corrected chi connectivity index (χ2v) is 6.28. The molecule has 1 amide bonds. The van der Waals surface area contributed by atoms with Crippen LogP contribution in [0.15, 0.2) is 35.5 Å². The number of methoxy groups -OCH3 is 5. The molecule has 1 heterocycles. The van der Waals surface area contributed by atoms with Crippen molar-refractivity contribution in [2.75, 3.05) is 40.9 Å². The molecule has 1 aliphatic rings. The maximum absolute atomic E-state index is 12.7. The first-order valence-electron chi connectivity index (χ1n) is 9.11. The lowest BCUT2D eigenvalue weighted by atomic mass is 10.0. The molecule has 0 unspecified atom stereocenters. The number of oxime groups is 1. The summed E-state index contributed by atoms with van der Waals surface area (Å²) < 4.78 is 26.7. The Bertz CT molecular complexity index is 933. The van der Waals surface area contributed by atoms with Crippen LogP contribution in [0.5, 0.6) is 28.7 Å². The molecular formula is C21H24N2O7. The molecule has 0 bridgehead atoms. The van der Waals surface area contributed by atoms with Crippen molar-refractivity contribution in [1.29, 1.82) is 0 Å². The van der Waals surface area contributed by atoms with Gasteiger partial charge in [0.1, 0.15) is 0 Å². The first kappa shape index (κ1) is 21.1. The van der Waals surface area contributed by atoms with Crippen LogP contribution in [0.1, 0.15) is 12.0 Å². The number of benzene rings is 2. The molecule has 0 spiro atoms. The second kappa shape index (κ2) is 9.25. The van der Waals surface area contributed by atoms with E-state index >= 15 is 0 Å². The quantitative estimate of drug-likeness (QED) is 0.707. The van der Waals surface area contributed by atoms with E-state index in [1.54, 1.807) is 32.4 Å². The van der Waals surface area contributed by atoms with Crippen molar-refractivity contribution in [3.8, 4) is 28.7 Å². The van der Waals surface area contributed by atoms with Crippen molar-refractivity contribution >= 4 is 17.3 Å². The molecule has 1 aliphatic heterocycles. The number of anilines is 1. The average Bonchev–Trinajstić information content (AvgIpc) is 3.27. The molecule has 9 nitrogen and oxygen atoms in total. The van der Waals surface area contributed by atoms with Gasteiger partial charge < -0.3 is 33.8 Å². The van der Waals surface area contributed by atoms with Gasteiger partial charge in [0.05, 0.1) is 41.3 Å². The Hall–Kier alpha value is -3.62. The van der Waals surface area contributed by atoms with Gasteiger partial charge in [0.25, 0.3) is 5.91 Å². The lowest BCUT2D eigenvalue weighted by Gasteiger charge is -2.15. The van der Waals surface area contributed by atoms with Gasteiger partial charge in [0, 0.05) is 29.8 Å². The summed E-state index contributed by atoms with van der Waals surface area (Å²) >= 11 is 0. The maximum atomic E-state index is 12.7. The third kappa shape index (κ3) is 4.05. The zero-order chi connectivity index (χ0) is 21.7. The Morgan fingerprint density at radius 3 is 2.13 bits per heavy atom. The Morgan fingerprint density at radius 2 is 1.57 bits per heavy atom.